The number of hydrogen-bond acceptors (Lipinski definition) is 3. The van der Waals surface area contributed by atoms with Gasteiger partial charge in [-0.1, -0.05) is 56.1 Å². The number of nitrogens with zero attached hydrogens (tertiary/aromatic N) is 3. The summed E-state index contributed by atoms with van der Waals surface area (Å²) in [5, 5.41) is 0. The quantitative estimate of drug-likeness (QED) is 0.390. The van der Waals surface area contributed by atoms with Gasteiger partial charge in [0.1, 0.15) is 5.52 Å². The monoisotopic (exact) mass is 439 g/mol. The molecule has 0 amide bonds. The second-order valence-corrected chi connectivity index (χ2v) is 7.13. The minimum Gasteiger partial charge on any atom is -0.262 e. The van der Waals surface area contributed by atoms with Crippen LogP contribution in [0.3, 0.4) is 0 Å². The lowest BCUT2D eigenvalue weighted by molar-refractivity contribution is 1.25. The highest BCUT2D eigenvalue weighted by Gasteiger charge is 2.13. The lowest BCUT2D eigenvalue weighted by Gasteiger charge is -2.10. The van der Waals surface area contributed by atoms with Crippen LogP contribution < -0.4 is 0 Å². The SMILES string of the molecule is Brc1ccc(-c2nc3ccncc3nc2-c2ccc(Br)cc2)cc1. The molecule has 0 fully saturated rings. The summed E-state index contributed by atoms with van der Waals surface area (Å²) in [6.45, 7) is 0. The molecular formula is C19H11Br2N3. The Balaban J connectivity index is 2.00. The summed E-state index contributed by atoms with van der Waals surface area (Å²) in [6, 6.07) is 18.1. The summed E-state index contributed by atoms with van der Waals surface area (Å²) in [5.74, 6) is 0. The van der Waals surface area contributed by atoms with E-state index in [2.05, 4.69) is 36.8 Å². The van der Waals surface area contributed by atoms with Crippen molar-refractivity contribution >= 4 is 42.9 Å². The average molecular weight is 441 g/mol. The minimum atomic E-state index is 0.788. The van der Waals surface area contributed by atoms with Crippen LogP contribution in [0.2, 0.25) is 0 Å². The van der Waals surface area contributed by atoms with E-state index in [0.29, 0.717) is 0 Å². The maximum absolute atomic E-state index is 4.84. The van der Waals surface area contributed by atoms with E-state index in [1.807, 2.05) is 54.6 Å². The second-order valence-electron chi connectivity index (χ2n) is 5.30. The van der Waals surface area contributed by atoms with Gasteiger partial charge in [0.05, 0.1) is 23.1 Å². The van der Waals surface area contributed by atoms with Crippen molar-refractivity contribution in [3.63, 3.8) is 0 Å². The molecule has 4 rings (SSSR count). The molecule has 2 aromatic heterocycles. The number of pyridine rings is 1. The summed E-state index contributed by atoms with van der Waals surface area (Å²) in [5.41, 5.74) is 5.39. The van der Waals surface area contributed by atoms with Gasteiger partial charge in [-0.2, -0.15) is 0 Å². The molecular weight excluding hydrogens is 430 g/mol. The Morgan fingerprint density at radius 1 is 0.583 bits per heavy atom. The van der Waals surface area contributed by atoms with Crippen LogP contribution in [0.1, 0.15) is 0 Å². The smallest absolute Gasteiger partial charge is 0.108 e. The Morgan fingerprint density at radius 3 is 1.62 bits per heavy atom. The van der Waals surface area contributed by atoms with E-state index in [1.165, 1.54) is 0 Å². The number of halogens is 2. The Bertz CT molecular complexity index is 929. The first-order chi connectivity index (χ1) is 11.7. The number of hydrogen-bond donors (Lipinski definition) is 0. The third kappa shape index (κ3) is 2.97. The third-order valence-corrected chi connectivity index (χ3v) is 4.76. The lowest BCUT2D eigenvalue weighted by Crippen LogP contribution is -1.95. The highest BCUT2D eigenvalue weighted by molar-refractivity contribution is 9.10. The third-order valence-electron chi connectivity index (χ3n) is 3.70. The van der Waals surface area contributed by atoms with Crippen LogP contribution in [0.4, 0.5) is 0 Å². The van der Waals surface area contributed by atoms with E-state index in [-0.39, 0.29) is 0 Å². The van der Waals surface area contributed by atoms with Gasteiger partial charge in [0.15, 0.2) is 0 Å². The molecule has 0 saturated carbocycles. The maximum atomic E-state index is 4.84. The fourth-order valence-corrected chi connectivity index (χ4v) is 3.05. The van der Waals surface area contributed by atoms with Gasteiger partial charge >= 0.3 is 0 Å². The second kappa shape index (κ2) is 6.42. The molecule has 2 heterocycles. The van der Waals surface area contributed by atoms with Gasteiger partial charge in [0.25, 0.3) is 0 Å². The Hall–Kier alpha value is -2.11. The van der Waals surface area contributed by atoms with Crippen LogP contribution in [0.25, 0.3) is 33.5 Å². The minimum absolute atomic E-state index is 0.788. The van der Waals surface area contributed by atoms with Gasteiger partial charge in [-0.05, 0) is 30.3 Å². The van der Waals surface area contributed by atoms with Crippen LogP contribution in [-0.2, 0) is 0 Å². The van der Waals surface area contributed by atoms with E-state index in [9.17, 15) is 0 Å². The van der Waals surface area contributed by atoms with Crippen molar-refractivity contribution in [1.82, 2.24) is 15.0 Å². The zero-order valence-corrected chi connectivity index (χ0v) is 15.6. The molecule has 0 saturated heterocycles. The highest BCUT2D eigenvalue weighted by atomic mass is 79.9. The van der Waals surface area contributed by atoms with Crippen molar-refractivity contribution in [3.8, 4) is 22.5 Å². The molecule has 3 nitrogen and oxygen atoms in total. The van der Waals surface area contributed by atoms with Gasteiger partial charge in [0.2, 0.25) is 0 Å². The van der Waals surface area contributed by atoms with Crippen molar-refractivity contribution < 1.29 is 0 Å². The van der Waals surface area contributed by atoms with E-state index >= 15 is 0 Å². The molecule has 4 aromatic rings. The van der Waals surface area contributed by atoms with Gasteiger partial charge < -0.3 is 0 Å². The van der Waals surface area contributed by atoms with Crippen LogP contribution >= 0.6 is 31.9 Å². The summed E-state index contributed by atoms with van der Waals surface area (Å²) < 4.78 is 2.07. The number of rotatable bonds is 2. The van der Waals surface area contributed by atoms with Gasteiger partial charge in [-0.15, -0.1) is 0 Å². The Labute approximate surface area is 156 Å². The molecule has 24 heavy (non-hydrogen) atoms. The fourth-order valence-electron chi connectivity index (χ4n) is 2.52. The molecule has 5 heteroatoms. The molecule has 0 aliphatic heterocycles. The number of fused-ring (bicyclic) bond motifs is 1. The summed E-state index contributed by atoms with van der Waals surface area (Å²) in [6.07, 6.45) is 3.48. The first kappa shape index (κ1) is 15.4. The number of benzene rings is 2. The topological polar surface area (TPSA) is 38.7 Å². The van der Waals surface area contributed by atoms with Gasteiger partial charge in [-0.3, -0.25) is 4.98 Å². The molecule has 116 valence electrons. The molecule has 0 aliphatic rings. The number of aromatic nitrogens is 3. The molecule has 0 bridgehead atoms. The molecule has 0 unspecified atom stereocenters. The van der Waals surface area contributed by atoms with Crippen molar-refractivity contribution in [2.75, 3.05) is 0 Å². The molecule has 0 radical (unpaired) electrons. The van der Waals surface area contributed by atoms with Crippen LogP contribution in [0.5, 0.6) is 0 Å². The molecule has 0 aliphatic carbocycles. The standard InChI is InChI=1S/C19H11Br2N3/c20-14-5-1-12(2-6-14)18-19(13-3-7-15(21)8-4-13)24-17-11-22-10-9-16(17)23-18/h1-11H. The average Bonchev–Trinajstić information content (AvgIpc) is 2.62. The van der Waals surface area contributed by atoms with Crippen molar-refractivity contribution in [2.45, 2.75) is 0 Å². The molecule has 0 atom stereocenters. The lowest BCUT2D eigenvalue weighted by atomic mass is 10.0. The van der Waals surface area contributed by atoms with E-state index in [1.54, 1.807) is 12.4 Å². The van der Waals surface area contributed by atoms with E-state index in [4.69, 9.17) is 9.97 Å². The van der Waals surface area contributed by atoms with Crippen molar-refractivity contribution in [2.24, 2.45) is 0 Å². The molecule has 0 N–H and O–H groups in total. The largest absolute Gasteiger partial charge is 0.262 e. The predicted octanol–water partition coefficient (Wildman–Crippen LogP) is 5.88. The van der Waals surface area contributed by atoms with Gasteiger partial charge in [0, 0.05) is 26.3 Å². The molecule has 2 aromatic carbocycles. The summed E-state index contributed by atoms with van der Waals surface area (Å²) in [4.78, 5) is 13.8. The predicted molar refractivity (Wildman–Crippen MR) is 104 cm³/mol. The zero-order valence-electron chi connectivity index (χ0n) is 12.4. The normalized spacial score (nSPS) is 10.9. The Morgan fingerprint density at radius 2 is 1.08 bits per heavy atom. The summed E-state index contributed by atoms with van der Waals surface area (Å²) >= 11 is 6.96. The van der Waals surface area contributed by atoms with Crippen LogP contribution in [-0.4, -0.2) is 15.0 Å². The van der Waals surface area contributed by atoms with Crippen LogP contribution in [0.15, 0.2) is 75.9 Å². The van der Waals surface area contributed by atoms with E-state index < -0.39 is 0 Å². The van der Waals surface area contributed by atoms with Crippen molar-refractivity contribution in [3.05, 3.63) is 75.9 Å². The van der Waals surface area contributed by atoms with Crippen LogP contribution in [0, 0.1) is 0 Å². The summed E-state index contributed by atoms with van der Waals surface area (Å²) in [7, 11) is 0. The van der Waals surface area contributed by atoms with Crippen molar-refractivity contribution in [1.29, 1.82) is 0 Å². The molecule has 0 spiro atoms. The van der Waals surface area contributed by atoms with E-state index in [0.717, 1.165) is 42.5 Å². The first-order valence-corrected chi connectivity index (χ1v) is 8.93. The van der Waals surface area contributed by atoms with Gasteiger partial charge in [-0.25, -0.2) is 9.97 Å². The maximum Gasteiger partial charge on any atom is 0.108 e. The highest BCUT2D eigenvalue weighted by Crippen LogP contribution is 2.32. The fraction of sp³-hybridized carbons (Fsp3) is 0. The first-order valence-electron chi connectivity index (χ1n) is 7.34. The Kier molecular flexibility index (Phi) is 4.12. The zero-order chi connectivity index (χ0) is 16.5.